The van der Waals surface area contributed by atoms with Crippen molar-refractivity contribution < 1.29 is 14.0 Å². The lowest BCUT2D eigenvalue weighted by molar-refractivity contribution is 0.0521. The maximum absolute atomic E-state index is 13.4. The van der Waals surface area contributed by atoms with Crippen molar-refractivity contribution in [3.63, 3.8) is 0 Å². The second-order valence-corrected chi connectivity index (χ2v) is 15.5. The molecule has 0 aromatic heterocycles. The molecule has 0 spiro atoms. The summed E-state index contributed by atoms with van der Waals surface area (Å²) in [6.07, 6.45) is 4.69. The minimum atomic E-state index is -2.76. The highest BCUT2D eigenvalue weighted by Crippen LogP contribution is 2.38. The van der Waals surface area contributed by atoms with Gasteiger partial charge in [-0.25, -0.2) is 0 Å². The highest BCUT2D eigenvalue weighted by molar-refractivity contribution is 6.99. The normalized spacial score (nSPS) is 15.3. The molecule has 0 radical (unpaired) electrons. The van der Waals surface area contributed by atoms with E-state index in [1.807, 2.05) is 30.3 Å². The Morgan fingerprint density at radius 1 is 0.842 bits per heavy atom. The fourth-order valence-electron chi connectivity index (χ4n) is 5.81. The molecule has 0 bridgehead atoms. The molecule has 0 unspecified atom stereocenters. The first-order chi connectivity index (χ1) is 18.2. The lowest BCUT2D eigenvalue weighted by Crippen LogP contribution is -2.67. The van der Waals surface area contributed by atoms with Crippen LogP contribution in [-0.2, 0) is 4.43 Å². The van der Waals surface area contributed by atoms with E-state index >= 15 is 0 Å². The number of carbonyl (C=O) groups excluding carboxylic acids is 2. The van der Waals surface area contributed by atoms with E-state index in [1.54, 1.807) is 12.1 Å². The molecule has 0 aliphatic carbocycles. The Morgan fingerprint density at radius 3 is 1.76 bits per heavy atom. The number of nitrogens with zero attached hydrogens (tertiary/aromatic N) is 1. The number of imide groups is 1. The number of allylic oxidation sites excluding steroid dienone is 1. The third kappa shape index (κ3) is 5.31. The zero-order chi connectivity index (χ0) is 27.3. The Hall–Kier alpha value is -3.28. The van der Waals surface area contributed by atoms with Gasteiger partial charge in [0.05, 0.1) is 11.1 Å². The number of rotatable bonds is 11. The molecular formula is C33H39NO3Si. The summed E-state index contributed by atoms with van der Waals surface area (Å²) < 4.78 is 7.29. The van der Waals surface area contributed by atoms with E-state index < -0.39 is 8.32 Å². The molecule has 4 rings (SSSR count). The molecule has 0 saturated heterocycles. The molecule has 1 aliphatic rings. The first-order valence-corrected chi connectivity index (χ1v) is 15.5. The molecule has 38 heavy (non-hydrogen) atoms. The van der Waals surface area contributed by atoms with E-state index in [2.05, 4.69) is 82.8 Å². The second kappa shape index (κ2) is 11.6. The number of carbonyl (C=O) groups is 2. The van der Waals surface area contributed by atoms with E-state index in [9.17, 15) is 9.59 Å². The van der Waals surface area contributed by atoms with Crippen LogP contribution in [0.2, 0.25) is 5.04 Å². The average molecular weight is 526 g/mol. The van der Waals surface area contributed by atoms with Gasteiger partial charge >= 0.3 is 0 Å². The van der Waals surface area contributed by atoms with Crippen molar-refractivity contribution in [3.05, 3.63) is 109 Å². The maximum Gasteiger partial charge on any atom is 0.261 e. The van der Waals surface area contributed by atoms with Crippen LogP contribution >= 0.6 is 0 Å². The molecule has 1 heterocycles. The van der Waals surface area contributed by atoms with Crippen LogP contribution in [0.25, 0.3) is 0 Å². The number of fused-ring (bicyclic) bond motifs is 1. The first kappa shape index (κ1) is 27.7. The van der Waals surface area contributed by atoms with Gasteiger partial charge in [-0.05, 0) is 60.2 Å². The van der Waals surface area contributed by atoms with Crippen molar-refractivity contribution in [3.8, 4) is 0 Å². The van der Waals surface area contributed by atoms with Crippen molar-refractivity contribution >= 4 is 30.5 Å². The van der Waals surface area contributed by atoms with Crippen molar-refractivity contribution in [1.82, 2.24) is 4.90 Å². The quantitative estimate of drug-likeness (QED) is 0.127. The number of hydrogen-bond acceptors (Lipinski definition) is 3. The number of benzene rings is 3. The summed E-state index contributed by atoms with van der Waals surface area (Å²) in [5.41, 5.74) is 0.985. The largest absolute Gasteiger partial charge is 0.405 e. The van der Waals surface area contributed by atoms with Gasteiger partial charge in [-0.2, -0.15) is 0 Å². The molecule has 3 aromatic carbocycles. The van der Waals surface area contributed by atoms with Crippen LogP contribution in [0.4, 0.5) is 0 Å². The number of hydrogen-bond donors (Lipinski definition) is 0. The highest BCUT2D eigenvalue weighted by Gasteiger charge is 2.51. The molecule has 198 valence electrons. The lowest BCUT2D eigenvalue weighted by atomic mass is 10.0. The van der Waals surface area contributed by atoms with E-state index in [-0.39, 0.29) is 29.0 Å². The van der Waals surface area contributed by atoms with Crippen LogP contribution in [-0.4, -0.2) is 37.2 Å². The average Bonchev–Trinajstić information content (AvgIpc) is 3.17. The van der Waals surface area contributed by atoms with Crippen LogP contribution in [0.15, 0.2) is 97.6 Å². The standard InChI is InChI=1S/C33H39NO3Si/c1-6-7-10-17-26(34-31(35)29-22-15-16-23-30(29)32(34)36)24-25(2)37-38(33(3,4)5,27-18-11-8-12-19-27)28-20-13-9-14-21-28/h6,8-9,11-16,18-23,25-26H,1,7,10,17,24H2,2-5H3/t25-,26-/m1/s1. The fourth-order valence-corrected chi connectivity index (χ4v) is 10.5. The highest BCUT2D eigenvalue weighted by atomic mass is 28.4. The summed E-state index contributed by atoms with van der Waals surface area (Å²) in [5.74, 6) is -0.404. The molecule has 1 aliphatic heterocycles. The Morgan fingerprint density at radius 2 is 1.32 bits per heavy atom. The summed E-state index contributed by atoms with van der Waals surface area (Å²) in [4.78, 5) is 28.3. The van der Waals surface area contributed by atoms with Gasteiger partial charge < -0.3 is 4.43 Å². The van der Waals surface area contributed by atoms with Crippen molar-refractivity contribution in [1.29, 1.82) is 0 Å². The van der Waals surface area contributed by atoms with Crippen LogP contribution in [0.1, 0.15) is 74.1 Å². The summed E-state index contributed by atoms with van der Waals surface area (Å²) >= 11 is 0. The fraction of sp³-hybridized carbons (Fsp3) is 0.333. The molecule has 0 N–H and O–H groups in total. The van der Waals surface area contributed by atoms with Gasteiger partial charge in [0.2, 0.25) is 0 Å². The maximum atomic E-state index is 13.4. The van der Waals surface area contributed by atoms with Gasteiger partial charge in [0.25, 0.3) is 20.1 Å². The van der Waals surface area contributed by atoms with Crippen LogP contribution < -0.4 is 10.4 Å². The van der Waals surface area contributed by atoms with E-state index in [4.69, 9.17) is 4.43 Å². The summed E-state index contributed by atoms with van der Waals surface area (Å²) in [6.45, 7) is 12.7. The van der Waals surface area contributed by atoms with Gasteiger partial charge in [-0.3, -0.25) is 14.5 Å². The number of amides is 2. The van der Waals surface area contributed by atoms with Gasteiger partial charge in [0.15, 0.2) is 0 Å². The van der Waals surface area contributed by atoms with E-state index in [1.165, 1.54) is 15.3 Å². The predicted molar refractivity (Wildman–Crippen MR) is 158 cm³/mol. The predicted octanol–water partition coefficient (Wildman–Crippen LogP) is 6.36. The molecule has 2 atom stereocenters. The minimum absolute atomic E-state index is 0.155. The number of unbranched alkanes of at least 4 members (excludes halogenated alkanes) is 1. The second-order valence-electron chi connectivity index (χ2n) is 11.2. The third-order valence-corrected chi connectivity index (χ3v) is 12.7. The zero-order valence-electron chi connectivity index (χ0n) is 23.0. The van der Waals surface area contributed by atoms with E-state index in [0.29, 0.717) is 24.0 Å². The van der Waals surface area contributed by atoms with Gasteiger partial charge in [-0.1, -0.05) is 99.6 Å². The summed E-state index contributed by atoms with van der Waals surface area (Å²) in [7, 11) is -2.76. The topological polar surface area (TPSA) is 46.6 Å². The third-order valence-electron chi connectivity index (χ3n) is 7.54. The Kier molecular flexibility index (Phi) is 8.49. The molecule has 3 aromatic rings. The van der Waals surface area contributed by atoms with Crippen LogP contribution in [0.5, 0.6) is 0 Å². The van der Waals surface area contributed by atoms with Gasteiger partial charge in [0, 0.05) is 12.1 Å². The van der Waals surface area contributed by atoms with Crippen molar-refractivity contribution in [2.75, 3.05) is 0 Å². The monoisotopic (exact) mass is 525 g/mol. The SMILES string of the molecule is C=CCCC[C@H](C[C@@H](C)O[Si](c1ccccc1)(c1ccccc1)C(C)(C)C)N1C(=O)c2ccccc2C1=O. The van der Waals surface area contributed by atoms with Crippen LogP contribution in [0, 0.1) is 0 Å². The molecule has 5 heteroatoms. The zero-order valence-corrected chi connectivity index (χ0v) is 24.0. The van der Waals surface area contributed by atoms with Crippen molar-refractivity contribution in [2.45, 2.75) is 70.6 Å². The van der Waals surface area contributed by atoms with Crippen LogP contribution in [0.3, 0.4) is 0 Å². The molecule has 0 fully saturated rings. The molecule has 0 saturated carbocycles. The minimum Gasteiger partial charge on any atom is -0.405 e. The Bertz CT molecular complexity index is 1190. The summed E-state index contributed by atoms with van der Waals surface area (Å²) in [5, 5.41) is 2.28. The molecular weight excluding hydrogens is 486 g/mol. The first-order valence-electron chi connectivity index (χ1n) is 13.6. The Labute approximate surface area is 228 Å². The van der Waals surface area contributed by atoms with Gasteiger partial charge in [-0.15, -0.1) is 6.58 Å². The Balaban J connectivity index is 1.70. The molecule has 2 amide bonds. The van der Waals surface area contributed by atoms with Crippen molar-refractivity contribution in [2.24, 2.45) is 0 Å². The molecule has 4 nitrogen and oxygen atoms in total. The lowest BCUT2D eigenvalue weighted by Gasteiger charge is -2.45. The smallest absolute Gasteiger partial charge is 0.261 e. The van der Waals surface area contributed by atoms with Gasteiger partial charge in [0.1, 0.15) is 0 Å². The van der Waals surface area contributed by atoms with E-state index in [0.717, 1.165) is 12.8 Å². The summed E-state index contributed by atoms with van der Waals surface area (Å²) in [6, 6.07) is 28.0.